The topological polar surface area (TPSA) is 155 Å². The van der Waals surface area contributed by atoms with Crippen LogP contribution < -0.4 is 0 Å². The van der Waals surface area contributed by atoms with Crippen molar-refractivity contribution < 1.29 is 38.1 Å². The standard InChI is InChI=1S/C50H36Cl2N4O8/c1-61-45(57)33-21-13-29(14-22-33)41-42(30-15-23-34(24-16-30)46(58)62-2)54-49(53-41,37-9-5-7-11-39(37)51)50(38-10-6-8-12-40(38)52)55-43(31-17-25-35(26-18-31)47(59)63-3)44(56-50)32-19-27-36(28-20-32)48(60)64-4/h5-28H,1-4H3. The van der Waals surface area contributed by atoms with Crippen LogP contribution >= 0.6 is 23.2 Å². The van der Waals surface area contributed by atoms with E-state index >= 15 is 0 Å². The summed E-state index contributed by atoms with van der Waals surface area (Å²) in [5.74, 6) is -2.10. The van der Waals surface area contributed by atoms with Crippen LogP contribution in [-0.4, -0.2) is 75.2 Å². The first kappa shape index (κ1) is 43.1. The number of hydrogen-bond donors (Lipinski definition) is 0. The third kappa shape index (κ3) is 7.56. The van der Waals surface area contributed by atoms with Gasteiger partial charge in [-0.15, -0.1) is 0 Å². The van der Waals surface area contributed by atoms with Crippen molar-refractivity contribution >= 4 is 69.9 Å². The number of halogens is 2. The van der Waals surface area contributed by atoms with Crippen molar-refractivity contribution in [1.29, 1.82) is 0 Å². The highest BCUT2D eigenvalue weighted by atomic mass is 35.5. The Morgan fingerprint density at radius 2 is 0.578 bits per heavy atom. The van der Waals surface area contributed by atoms with Gasteiger partial charge in [0.25, 0.3) is 0 Å². The van der Waals surface area contributed by atoms with Gasteiger partial charge in [-0.25, -0.2) is 39.1 Å². The summed E-state index contributed by atoms with van der Waals surface area (Å²) in [5, 5.41) is 0.573. The maximum atomic E-state index is 12.6. The van der Waals surface area contributed by atoms with E-state index in [1.54, 1.807) is 133 Å². The van der Waals surface area contributed by atoms with E-state index in [4.69, 9.17) is 62.1 Å². The molecule has 8 rings (SSSR count). The van der Waals surface area contributed by atoms with Crippen molar-refractivity contribution in [2.75, 3.05) is 28.4 Å². The molecule has 0 aliphatic carbocycles. The van der Waals surface area contributed by atoms with Gasteiger partial charge in [0.1, 0.15) is 0 Å². The monoisotopic (exact) mass is 890 g/mol. The molecule has 0 unspecified atom stereocenters. The largest absolute Gasteiger partial charge is 0.465 e. The highest BCUT2D eigenvalue weighted by Crippen LogP contribution is 2.57. The van der Waals surface area contributed by atoms with Crippen LogP contribution in [0.1, 0.15) is 74.8 Å². The second kappa shape index (κ2) is 17.7. The van der Waals surface area contributed by atoms with Gasteiger partial charge in [-0.05, 0) is 60.7 Å². The molecule has 12 nitrogen and oxygen atoms in total. The number of rotatable bonds is 11. The highest BCUT2D eigenvalue weighted by Gasteiger charge is 2.61. The van der Waals surface area contributed by atoms with Gasteiger partial charge in [-0.1, -0.05) is 108 Å². The summed E-state index contributed by atoms with van der Waals surface area (Å²) in [6, 6.07) is 41.1. The molecule has 0 bridgehead atoms. The minimum absolute atomic E-state index is 0.286. The van der Waals surface area contributed by atoms with Gasteiger partial charge in [0.05, 0.1) is 73.5 Å². The highest BCUT2D eigenvalue weighted by molar-refractivity contribution is 6.56. The number of methoxy groups -OCH3 is 4. The van der Waals surface area contributed by atoms with E-state index in [0.29, 0.717) is 78.5 Å². The second-order valence-corrected chi connectivity index (χ2v) is 15.2. The van der Waals surface area contributed by atoms with E-state index in [0.717, 1.165) is 0 Å². The van der Waals surface area contributed by atoms with Crippen LogP contribution in [0.5, 0.6) is 0 Å². The molecule has 0 aromatic heterocycles. The molecular weight excluding hydrogens is 855 g/mol. The Morgan fingerprint density at radius 1 is 0.359 bits per heavy atom. The maximum absolute atomic E-state index is 12.6. The van der Waals surface area contributed by atoms with Gasteiger partial charge in [0.15, 0.2) is 0 Å². The summed E-state index contributed by atoms with van der Waals surface area (Å²) in [7, 11) is 5.22. The lowest BCUT2D eigenvalue weighted by molar-refractivity contribution is 0.0592. The molecule has 6 aromatic rings. The van der Waals surface area contributed by atoms with Crippen LogP contribution in [-0.2, 0) is 30.3 Å². The minimum Gasteiger partial charge on any atom is -0.465 e. The molecule has 318 valence electrons. The van der Waals surface area contributed by atoms with Crippen molar-refractivity contribution in [3.8, 4) is 0 Å². The Hall–Kier alpha value is -7.54. The van der Waals surface area contributed by atoms with Gasteiger partial charge in [0, 0.05) is 43.4 Å². The van der Waals surface area contributed by atoms with Gasteiger partial charge in [-0.3, -0.25) is 0 Å². The molecule has 6 aromatic carbocycles. The molecule has 0 radical (unpaired) electrons. The van der Waals surface area contributed by atoms with Crippen LogP contribution in [0.15, 0.2) is 166 Å². The molecule has 0 fully saturated rings. The predicted molar refractivity (Wildman–Crippen MR) is 244 cm³/mol. The van der Waals surface area contributed by atoms with Crippen LogP contribution in [0.2, 0.25) is 10.0 Å². The Bertz CT molecular complexity index is 2610. The Morgan fingerprint density at radius 3 is 0.781 bits per heavy atom. The Balaban J connectivity index is 1.50. The average Bonchev–Trinajstić information content (AvgIpc) is 3.96. The maximum Gasteiger partial charge on any atom is 0.337 e. The predicted octanol–water partition coefficient (Wildman–Crippen LogP) is 9.13. The summed E-state index contributed by atoms with van der Waals surface area (Å²) in [6.45, 7) is 0. The normalized spacial score (nSPS) is 14.7. The van der Waals surface area contributed by atoms with Gasteiger partial charge in [0.2, 0.25) is 11.3 Å². The first-order valence-corrected chi connectivity index (χ1v) is 20.4. The van der Waals surface area contributed by atoms with E-state index in [9.17, 15) is 19.2 Å². The lowest BCUT2D eigenvalue weighted by atomic mass is 9.82. The molecule has 0 saturated carbocycles. The first-order valence-electron chi connectivity index (χ1n) is 19.6. The van der Waals surface area contributed by atoms with Crippen LogP contribution in [0.25, 0.3) is 0 Å². The number of ether oxygens (including phenoxy) is 4. The van der Waals surface area contributed by atoms with E-state index in [2.05, 4.69) is 0 Å². The number of hydrogen-bond acceptors (Lipinski definition) is 12. The molecule has 0 amide bonds. The Labute approximate surface area is 377 Å². The fraction of sp³-hybridized carbons (Fsp3) is 0.120. The zero-order chi connectivity index (χ0) is 45.2. The van der Waals surface area contributed by atoms with Crippen molar-refractivity contribution in [2.24, 2.45) is 20.0 Å². The average molecular weight is 892 g/mol. The van der Waals surface area contributed by atoms with Gasteiger partial charge < -0.3 is 18.9 Å². The first-order chi connectivity index (χ1) is 31.0. The lowest BCUT2D eigenvalue weighted by Gasteiger charge is -2.39. The van der Waals surface area contributed by atoms with Crippen LogP contribution in [0, 0.1) is 0 Å². The molecule has 2 heterocycles. The quantitative estimate of drug-likeness (QED) is 0.0922. The molecule has 0 spiro atoms. The summed E-state index contributed by atoms with van der Waals surface area (Å²) in [4.78, 5) is 72.7. The second-order valence-electron chi connectivity index (χ2n) is 14.4. The molecule has 2 aliphatic rings. The van der Waals surface area contributed by atoms with Gasteiger partial charge >= 0.3 is 23.9 Å². The van der Waals surface area contributed by atoms with E-state index in [-0.39, 0.29) is 10.0 Å². The lowest BCUT2D eigenvalue weighted by Crippen LogP contribution is -2.43. The minimum atomic E-state index is -1.88. The summed E-state index contributed by atoms with van der Waals surface area (Å²) in [6.07, 6.45) is 0. The zero-order valence-corrected chi connectivity index (χ0v) is 36.2. The summed E-state index contributed by atoms with van der Waals surface area (Å²) >= 11 is 14.5. The van der Waals surface area contributed by atoms with Crippen molar-refractivity contribution in [3.63, 3.8) is 0 Å². The number of carbonyl (C=O) groups excluding carboxylic acids is 4. The van der Waals surface area contributed by atoms with E-state index in [1.807, 2.05) is 12.1 Å². The fourth-order valence-corrected chi connectivity index (χ4v) is 8.19. The SMILES string of the molecule is COC(=O)c1ccc(C2=NC(c3ccccc3Cl)(C3(c4ccccc4Cl)N=C(c4ccc(C(=O)OC)cc4)C(c4ccc(C(=O)OC)cc4)=N3)N=C2c2ccc(C(=O)OC)cc2)cc1. The molecule has 0 atom stereocenters. The molecular formula is C50H36Cl2N4O8. The Kier molecular flexibility index (Phi) is 11.9. The number of carbonyl (C=O) groups is 4. The molecule has 2 aliphatic heterocycles. The molecule has 14 heteroatoms. The van der Waals surface area contributed by atoms with Gasteiger partial charge in [-0.2, -0.15) is 0 Å². The van der Waals surface area contributed by atoms with Crippen molar-refractivity contribution in [1.82, 2.24) is 0 Å². The number of aliphatic imine (C=N–C) groups is 4. The zero-order valence-electron chi connectivity index (χ0n) is 34.7. The third-order valence-electron chi connectivity index (χ3n) is 10.8. The molecule has 0 saturated heterocycles. The molecule has 0 N–H and O–H groups in total. The van der Waals surface area contributed by atoms with Crippen molar-refractivity contribution in [3.05, 3.63) is 211 Å². The van der Waals surface area contributed by atoms with Crippen LogP contribution in [0.3, 0.4) is 0 Å². The third-order valence-corrected chi connectivity index (χ3v) is 11.5. The number of nitrogens with zero attached hydrogens (tertiary/aromatic N) is 4. The summed E-state index contributed by atoms with van der Waals surface area (Å²) in [5.41, 5.74) is 2.07. The summed E-state index contributed by atoms with van der Waals surface area (Å²) < 4.78 is 19.9. The fourth-order valence-electron chi connectivity index (χ4n) is 7.66. The van der Waals surface area contributed by atoms with Crippen LogP contribution in [0.4, 0.5) is 0 Å². The van der Waals surface area contributed by atoms with E-state index in [1.165, 1.54) is 28.4 Å². The van der Waals surface area contributed by atoms with E-state index < -0.39 is 35.2 Å². The number of esters is 4. The number of benzene rings is 6. The smallest absolute Gasteiger partial charge is 0.337 e. The molecule has 64 heavy (non-hydrogen) atoms. The van der Waals surface area contributed by atoms with Crippen molar-refractivity contribution in [2.45, 2.75) is 11.3 Å².